The van der Waals surface area contributed by atoms with Gasteiger partial charge in [-0.3, -0.25) is 0 Å². The summed E-state index contributed by atoms with van der Waals surface area (Å²) in [5.41, 5.74) is 0. The van der Waals surface area contributed by atoms with Crippen molar-refractivity contribution >= 4 is 22.6 Å². The smallest absolute Gasteiger partial charge is 0.00670 e. The first kappa shape index (κ1) is 12.8. The standard InChI is InChI=1S/C12H24IN/c13-10-6-3-7-11-14-12-8-4-1-2-5-9-12/h12,14H,1-11H2. The lowest BCUT2D eigenvalue weighted by Crippen LogP contribution is -2.29. The largest absolute Gasteiger partial charge is 0.314 e. The van der Waals surface area contributed by atoms with Gasteiger partial charge in [0.25, 0.3) is 0 Å². The summed E-state index contributed by atoms with van der Waals surface area (Å²) in [4.78, 5) is 0. The van der Waals surface area contributed by atoms with Crippen molar-refractivity contribution in [2.45, 2.75) is 63.8 Å². The highest BCUT2D eigenvalue weighted by Crippen LogP contribution is 2.17. The summed E-state index contributed by atoms with van der Waals surface area (Å²) >= 11 is 2.47. The number of alkyl halides is 1. The zero-order chi connectivity index (χ0) is 10.1. The second-order valence-electron chi connectivity index (χ2n) is 4.39. The molecule has 1 N–H and O–H groups in total. The molecule has 1 saturated carbocycles. The zero-order valence-corrected chi connectivity index (χ0v) is 11.4. The van der Waals surface area contributed by atoms with Crippen LogP contribution in [0.4, 0.5) is 0 Å². The molecule has 0 aromatic carbocycles. The SMILES string of the molecule is ICCCCCNC1CCCCCC1. The number of halogens is 1. The Kier molecular flexibility index (Phi) is 8.16. The molecule has 1 aliphatic carbocycles. The van der Waals surface area contributed by atoms with Gasteiger partial charge in [-0.1, -0.05) is 54.7 Å². The molecule has 0 aromatic heterocycles. The minimum atomic E-state index is 0.845. The molecule has 1 aliphatic rings. The van der Waals surface area contributed by atoms with Crippen LogP contribution in [0, 0.1) is 0 Å². The van der Waals surface area contributed by atoms with Gasteiger partial charge in [0.05, 0.1) is 0 Å². The van der Waals surface area contributed by atoms with E-state index in [1.807, 2.05) is 0 Å². The van der Waals surface area contributed by atoms with Gasteiger partial charge in [-0.05, 0) is 36.7 Å². The predicted octanol–water partition coefficient (Wildman–Crippen LogP) is 3.90. The van der Waals surface area contributed by atoms with E-state index in [0.29, 0.717) is 0 Å². The second kappa shape index (κ2) is 8.96. The van der Waals surface area contributed by atoms with Crippen molar-refractivity contribution in [1.29, 1.82) is 0 Å². The molecule has 0 radical (unpaired) electrons. The fourth-order valence-electron chi connectivity index (χ4n) is 2.19. The van der Waals surface area contributed by atoms with E-state index in [0.717, 1.165) is 6.04 Å². The molecule has 0 heterocycles. The van der Waals surface area contributed by atoms with E-state index in [2.05, 4.69) is 27.9 Å². The molecule has 84 valence electrons. The van der Waals surface area contributed by atoms with Crippen molar-refractivity contribution < 1.29 is 0 Å². The normalized spacial score (nSPS) is 19.5. The van der Waals surface area contributed by atoms with Crippen LogP contribution < -0.4 is 5.32 Å². The molecule has 1 nitrogen and oxygen atoms in total. The van der Waals surface area contributed by atoms with Gasteiger partial charge in [0.15, 0.2) is 0 Å². The molecule has 0 unspecified atom stereocenters. The van der Waals surface area contributed by atoms with Crippen LogP contribution in [0.15, 0.2) is 0 Å². The van der Waals surface area contributed by atoms with E-state index >= 15 is 0 Å². The minimum Gasteiger partial charge on any atom is -0.314 e. The fraction of sp³-hybridized carbons (Fsp3) is 1.00. The number of nitrogens with one attached hydrogen (secondary N) is 1. The Morgan fingerprint density at radius 3 is 2.29 bits per heavy atom. The maximum Gasteiger partial charge on any atom is 0.00670 e. The Bertz CT molecular complexity index is 119. The highest BCUT2D eigenvalue weighted by atomic mass is 127. The highest BCUT2D eigenvalue weighted by molar-refractivity contribution is 14.1. The lowest BCUT2D eigenvalue weighted by atomic mass is 10.1. The lowest BCUT2D eigenvalue weighted by molar-refractivity contribution is 0.451. The Balaban J connectivity index is 1.93. The average Bonchev–Trinajstić information content (AvgIpc) is 2.46. The summed E-state index contributed by atoms with van der Waals surface area (Å²) < 4.78 is 1.32. The van der Waals surface area contributed by atoms with Gasteiger partial charge in [-0.25, -0.2) is 0 Å². The predicted molar refractivity (Wildman–Crippen MR) is 72.2 cm³/mol. The molecule has 14 heavy (non-hydrogen) atoms. The summed E-state index contributed by atoms with van der Waals surface area (Å²) in [6, 6.07) is 0.845. The Morgan fingerprint density at radius 1 is 0.929 bits per heavy atom. The van der Waals surface area contributed by atoms with Crippen molar-refractivity contribution in [2.75, 3.05) is 11.0 Å². The average molecular weight is 309 g/mol. The minimum absolute atomic E-state index is 0.845. The van der Waals surface area contributed by atoms with Gasteiger partial charge in [-0.15, -0.1) is 0 Å². The van der Waals surface area contributed by atoms with E-state index in [1.54, 1.807) is 0 Å². The van der Waals surface area contributed by atoms with Gasteiger partial charge in [0.2, 0.25) is 0 Å². The molecular weight excluding hydrogens is 285 g/mol. The van der Waals surface area contributed by atoms with Crippen LogP contribution in [-0.4, -0.2) is 17.0 Å². The van der Waals surface area contributed by atoms with Crippen molar-refractivity contribution in [2.24, 2.45) is 0 Å². The van der Waals surface area contributed by atoms with E-state index < -0.39 is 0 Å². The van der Waals surface area contributed by atoms with Crippen molar-refractivity contribution in [3.8, 4) is 0 Å². The molecule has 0 aromatic rings. The Labute approximate surface area is 103 Å². The first-order chi connectivity index (χ1) is 6.93. The number of hydrogen-bond donors (Lipinski definition) is 1. The monoisotopic (exact) mass is 309 g/mol. The van der Waals surface area contributed by atoms with Crippen molar-refractivity contribution in [3.05, 3.63) is 0 Å². The van der Waals surface area contributed by atoms with Crippen LogP contribution in [-0.2, 0) is 0 Å². The first-order valence-corrected chi connectivity index (χ1v) is 7.75. The topological polar surface area (TPSA) is 12.0 Å². The van der Waals surface area contributed by atoms with Crippen LogP contribution in [0.2, 0.25) is 0 Å². The third-order valence-corrected chi connectivity index (χ3v) is 3.86. The summed E-state index contributed by atoms with van der Waals surface area (Å²) in [7, 11) is 0. The molecule has 0 bridgehead atoms. The molecule has 0 atom stereocenters. The van der Waals surface area contributed by atoms with Crippen LogP contribution >= 0.6 is 22.6 Å². The summed E-state index contributed by atoms with van der Waals surface area (Å²) in [6.45, 7) is 1.25. The third kappa shape index (κ3) is 6.23. The highest BCUT2D eigenvalue weighted by Gasteiger charge is 2.10. The first-order valence-electron chi connectivity index (χ1n) is 6.23. The van der Waals surface area contributed by atoms with E-state index in [4.69, 9.17) is 0 Å². The molecule has 2 heteroatoms. The van der Waals surface area contributed by atoms with Crippen LogP contribution in [0.5, 0.6) is 0 Å². The molecule has 1 fully saturated rings. The van der Waals surface area contributed by atoms with E-state index in [9.17, 15) is 0 Å². The number of rotatable bonds is 6. The molecule has 1 rings (SSSR count). The van der Waals surface area contributed by atoms with Crippen LogP contribution in [0.25, 0.3) is 0 Å². The maximum absolute atomic E-state index is 3.72. The molecule has 0 aliphatic heterocycles. The quantitative estimate of drug-likeness (QED) is 0.339. The summed E-state index contributed by atoms with van der Waals surface area (Å²) in [6.07, 6.45) is 12.9. The third-order valence-electron chi connectivity index (χ3n) is 3.10. The van der Waals surface area contributed by atoms with Gasteiger partial charge in [-0.2, -0.15) is 0 Å². The van der Waals surface area contributed by atoms with Gasteiger partial charge in [0, 0.05) is 6.04 Å². The lowest BCUT2D eigenvalue weighted by Gasteiger charge is -2.15. The second-order valence-corrected chi connectivity index (χ2v) is 5.47. The van der Waals surface area contributed by atoms with E-state index in [-0.39, 0.29) is 0 Å². The Morgan fingerprint density at radius 2 is 1.64 bits per heavy atom. The van der Waals surface area contributed by atoms with Crippen molar-refractivity contribution in [3.63, 3.8) is 0 Å². The van der Waals surface area contributed by atoms with Gasteiger partial charge in [0.1, 0.15) is 0 Å². The fourth-order valence-corrected chi connectivity index (χ4v) is 2.73. The maximum atomic E-state index is 3.72. The van der Waals surface area contributed by atoms with Crippen LogP contribution in [0.1, 0.15) is 57.8 Å². The zero-order valence-electron chi connectivity index (χ0n) is 9.23. The Hall–Kier alpha value is 0.690. The molecule has 0 spiro atoms. The molecule has 0 amide bonds. The number of hydrogen-bond acceptors (Lipinski definition) is 1. The summed E-state index contributed by atoms with van der Waals surface area (Å²) in [5, 5.41) is 3.72. The van der Waals surface area contributed by atoms with Gasteiger partial charge < -0.3 is 5.32 Å². The summed E-state index contributed by atoms with van der Waals surface area (Å²) in [5.74, 6) is 0. The van der Waals surface area contributed by atoms with E-state index in [1.165, 1.54) is 68.8 Å². The van der Waals surface area contributed by atoms with Crippen molar-refractivity contribution in [1.82, 2.24) is 5.32 Å². The van der Waals surface area contributed by atoms with Gasteiger partial charge >= 0.3 is 0 Å². The molecular formula is C12H24IN. The molecule has 0 saturated heterocycles. The van der Waals surface area contributed by atoms with Crippen LogP contribution in [0.3, 0.4) is 0 Å². The number of unbranched alkanes of at least 4 members (excludes halogenated alkanes) is 2.